The molecule has 0 atom stereocenters. The molecule has 0 bridgehead atoms. The zero-order chi connectivity index (χ0) is 86.4. The molecule has 0 aliphatic heterocycles. The molecule has 19 rings (SSSR count). The number of benzene rings is 7. The Hall–Kier alpha value is -13.8. The van der Waals surface area contributed by atoms with Gasteiger partial charge in [-0.25, -0.2) is 29.7 Å². The van der Waals surface area contributed by atoms with Crippen LogP contribution < -0.4 is 18.9 Å². The van der Waals surface area contributed by atoms with Crippen molar-refractivity contribution in [3.05, 3.63) is 401 Å². The van der Waals surface area contributed by atoms with Crippen molar-refractivity contribution < 1.29 is 113 Å². The normalized spacial score (nSPS) is 10.5. The number of hydrogen-bond acceptors (Lipinski definition) is 22. The van der Waals surface area contributed by atoms with Crippen LogP contribution in [-0.2, 0) is 115 Å². The van der Waals surface area contributed by atoms with Crippen molar-refractivity contribution in [1.82, 2.24) is 69.8 Å². The van der Waals surface area contributed by atoms with Crippen molar-refractivity contribution >= 4 is 25.3 Å². The van der Waals surface area contributed by atoms with Gasteiger partial charge in [0.2, 0.25) is 47.0 Å². The smallest absolute Gasteiger partial charge is 0.792 e. The van der Waals surface area contributed by atoms with E-state index in [0.717, 1.165) is 54.6 Å². The standard InChI is InChI=1S/C27H18N3O2.C27H18N3OS.C26H17N4O2.C24H21N4OS.4Pt/c31-24-13-5-4-11-21(24)22-17-20(18-29-27(22)19-9-2-1-3-10-19)23-12-8-15-26(30-23)32-25-14-6-7-16-28-25;32-25-13-5-4-11-21(25)20-17-23(19-9-2-1-3-10-19)29-24(18-20)22-12-8-15-27(30-22)31-26-14-6-7-16-28-26;31-23-13-5-4-11-19(23)21-17-22(30-26(29-21)18-9-2-1-3-10-18)20-12-8-15-25(28-20)32-24-14-6-7-16-27-24;1-24(2,3)23-27-18(16-9-4-5-11-20(16)30)15-19(28-23)17-10-8-13-22(26-17)29-21-12-6-7-14-25-21;;;;/h1-16,18,31H;1-17,32H;1-16,31H;4-14,30H,1-3H3;;;;/q4*-1;;;2*+2/p-2. The minimum absolute atomic E-state index is 0. The molecule has 0 unspecified atom stereocenters. The van der Waals surface area contributed by atoms with Crippen molar-refractivity contribution in [1.29, 1.82) is 0 Å². The number of rotatable bonds is 19. The van der Waals surface area contributed by atoms with Gasteiger partial charge in [0.25, 0.3) is 0 Å². The van der Waals surface area contributed by atoms with Gasteiger partial charge in [0.15, 0.2) is 5.82 Å². The SMILES string of the molecule is CC(C)(C)c1nc(-c2cccc(Oc3ccccn3)n2)[c-]c(-c2ccccc2[S-])n1.Oc1ccccc1-c1[c-]c(-c2cccc(Oc3ccccn3)n2)cnc1-c1ccccc1.Oc1ccccc1-c1[c-]c(-c2cccc(Oc3ccccn3)n2)nc(-c2ccccc2)n1.[Pt+2].[Pt+2].[Pt].[Pt].[S-]c1ccccc1-c1[c-]c(-c2cccc(Oc3ccccn3)n2)nc(-c2ccccc2)c1. The Labute approximate surface area is 820 Å². The summed E-state index contributed by atoms with van der Waals surface area (Å²) in [5.41, 5.74) is 14.7. The zero-order valence-electron chi connectivity index (χ0n) is 69.1. The molecule has 0 fully saturated rings. The summed E-state index contributed by atoms with van der Waals surface area (Å²) in [6.45, 7) is 6.22. The van der Waals surface area contributed by atoms with E-state index in [4.69, 9.17) is 69.1 Å². The second-order valence-electron chi connectivity index (χ2n) is 28.7. The number of para-hydroxylation sites is 2. The maximum Gasteiger partial charge on any atom is 2.00 e. The summed E-state index contributed by atoms with van der Waals surface area (Å²) in [4.78, 5) is 65.1. The number of phenols is 2. The van der Waals surface area contributed by atoms with Crippen LogP contribution in [-0.4, -0.2) is 80.0 Å². The molecule has 20 nitrogen and oxygen atoms in total. The second-order valence-corrected chi connectivity index (χ2v) is 29.6. The summed E-state index contributed by atoms with van der Waals surface area (Å²) in [7, 11) is 0. The van der Waals surface area contributed by atoms with E-state index in [1.165, 1.54) is 0 Å². The van der Waals surface area contributed by atoms with E-state index in [1.54, 1.807) is 110 Å². The van der Waals surface area contributed by atoms with Crippen LogP contribution in [0.3, 0.4) is 0 Å². The molecule has 12 aromatic heterocycles. The van der Waals surface area contributed by atoms with Gasteiger partial charge in [0, 0.05) is 131 Å². The first-order valence-electron chi connectivity index (χ1n) is 39.7. The Morgan fingerprint density at radius 3 is 1.08 bits per heavy atom. The Balaban J connectivity index is 0.000000155. The molecule has 26 heteroatoms. The zero-order valence-corrected chi connectivity index (χ0v) is 79.8. The Bertz CT molecular complexity index is 6720. The maximum atomic E-state index is 10.5. The monoisotopic (exact) mass is 2460 g/mol. The van der Waals surface area contributed by atoms with Crippen molar-refractivity contribution in [2.45, 2.75) is 36.0 Å². The van der Waals surface area contributed by atoms with E-state index in [-0.39, 0.29) is 101 Å². The molecular weight excluding hydrogens is 2390 g/mol. The van der Waals surface area contributed by atoms with Gasteiger partial charge in [-0.2, -0.15) is 0 Å². The third kappa shape index (κ3) is 25.2. The van der Waals surface area contributed by atoms with Crippen LogP contribution in [0.2, 0.25) is 0 Å². The molecule has 0 aliphatic carbocycles. The summed E-state index contributed by atoms with van der Waals surface area (Å²) >= 11 is 11.1. The largest absolute Gasteiger partial charge is 2.00 e. The molecule has 0 radical (unpaired) electrons. The number of aromatic hydroxyl groups is 2. The molecular formula is C104H72N14O6Pt4S2-2. The van der Waals surface area contributed by atoms with Gasteiger partial charge in [0.1, 0.15) is 5.82 Å². The minimum atomic E-state index is -0.253. The van der Waals surface area contributed by atoms with E-state index in [2.05, 4.69) is 89.9 Å². The molecule has 19 aromatic rings. The van der Waals surface area contributed by atoms with Crippen LogP contribution in [0, 0.1) is 24.3 Å². The van der Waals surface area contributed by atoms with Crippen LogP contribution in [0.1, 0.15) is 26.6 Å². The predicted molar refractivity (Wildman–Crippen MR) is 489 cm³/mol. The first-order valence-corrected chi connectivity index (χ1v) is 40.5. The Morgan fingerprint density at radius 1 is 0.277 bits per heavy atom. The minimum Gasteiger partial charge on any atom is -0.792 e. The van der Waals surface area contributed by atoms with Gasteiger partial charge in [-0.1, -0.05) is 274 Å². The third-order valence-electron chi connectivity index (χ3n) is 18.7. The van der Waals surface area contributed by atoms with Crippen molar-refractivity contribution in [3.8, 4) is 183 Å². The fourth-order valence-corrected chi connectivity index (χ4v) is 13.1. The predicted octanol–water partition coefficient (Wildman–Crippen LogP) is 23.5. The van der Waals surface area contributed by atoms with E-state index in [0.29, 0.717) is 132 Å². The van der Waals surface area contributed by atoms with E-state index >= 15 is 0 Å². The van der Waals surface area contributed by atoms with Crippen LogP contribution in [0.4, 0.5) is 0 Å². The molecule has 0 spiro atoms. The van der Waals surface area contributed by atoms with E-state index in [9.17, 15) is 10.2 Å². The molecule has 0 amide bonds. The molecule has 648 valence electrons. The fourth-order valence-electron chi connectivity index (χ4n) is 12.6. The Morgan fingerprint density at radius 2 is 0.631 bits per heavy atom. The quantitative estimate of drug-likeness (QED) is 0.0563. The van der Waals surface area contributed by atoms with Crippen LogP contribution >= 0.6 is 0 Å². The summed E-state index contributed by atoms with van der Waals surface area (Å²) in [5.74, 6) is 5.04. The number of hydrogen-bond donors (Lipinski definition) is 2. The van der Waals surface area contributed by atoms with Gasteiger partial charge in [-0.05, 0) is 118 Å². The fraction of sp³-hybridized carbons (Fsp3) is 0.0385. The number of aromatic nitrogens is 14. The molecule has 2 N–H and O–H groups in total. The van der Waals surface area contributed by atoms with Gasteiger partial charge in [-0.3, -0.25) is 44.9 Å². The van der Waals surface area contributed by atoms with Crippen molar-refractivity contribution in [3.63, 3.8) is 0 Å². The van der Waals surface area contributed by atoms with Gasteiger partial charge < -0.3 is 59.4 Å². The number of phenolic OH excluding ortho intramolecular Hbond substituents is 2. The van der Waals surface area contributed by atoms with Gasteiger partial charge >= 0.3 is 42.1 Å². The third-order valence-corrected chi connectivity index (χ3v) is 19.4. The van der Waals surface area contributed by atoms with Crippen LogP contribution in [0.15, 0.2) is 380 Å². The van der Waals surface area contributed by atoms with Crippen LogP contribution in [0.5, 0.6) is 58.5 Å². The number of nitrogens with zero attached hydrogens (tertiary/aromatic N) is 14. The molecule has 0 saturated carbocycles. The summed E-state index contributed by atoms with van der Waals surface area (Å²) < 4.78 is 23.1. The molecule has 7 aromatic carbocycles. The van der Waals surface area contributed by atoms with Crippen LogP contribution in [0.25, 0.3) is 124 Å². The Kier molecular flexibility index (Phi) is 33.9. The molecule has 0 saturated heterocycles. The topological polar surface area (TPSA) is 258 Å². The second kappa shape index (κ2) is 46.3. The first-order chi connectivity index (χ1) is 61.7. The van der Waals surface area contributed by atoms with E-state index < -0.39 is 0 Å². The van der Waals surface area contributed by atoms with Crippen molar-refractivity contribution in [2.24, 2.45) is 0 Å². The average Bonchev–Trinajstić information content (AvgIpc) is 0.759. The maximum absolute atomic E-state index is 10.5. The van der Waals surface area contributed by atoms with Crippen molar-refractivity contribution in [2.75, 3.05) is 0 Å². The molecule has 130 heavy (non-hydrogen) atoms. The number of pyridine rings is 10. The first kappa shape index (κ1) is 95.3. The molecule has 12 heterocycles. The summed E-state index contributed by atoms with van der Waals surface area (Å²) in [6.07, 6.45) is 8.40. The van der Waals surface area contributed by atoms with E-state index in [1.807, 2.05) is 261 Å². The van der Waals surface area contributed by atoms with Gasteiger partial charge in [0.05, 0.1) is 11.5 Å². The van der Waals surface area contributed by atoms with Gasteiger partial charge in [-0.15, -0.1) is 59.2 Å². The summed E-state index contributed by atoms with van der Waals surface area (Å²) in [5, 5.41) is 20.9. The average molecular weight is 2460 g/mol. The number of ether oxygens (including phenoxy) is 4. The summed E-state index contributed by atoms with van der Waals surface area (Å²) in [6, 6.07) is 118. The molecule has 0 aliphatic rings.